The van der Waals surface area contributed by atoms with E-state index in [-0.39, 0.29) is 46.8 Å². The lowest BCUT2D eigenvalue weighted by Gasteiger charge is -2.25. The van der Waals surface area contributed by atoms with Crippen molar-refractivity contribution in [3.63, 3.8) is 0 Å². The molecular formula is C15H18Cl2N2O4. The highest BCUT2D eigenvalue weighted by Crippen LogP contribution is 2.20. The molecule has 1 fully saturated rings. The SMILES string of the molecule is COC(=O)CCN(CC1CCCO1)C(=O)c1nc(Cl)ccc1Cl. The number of rotatable bonds is 6. The topological polar surface area (TPSA) is 68.7 Å². The van der Waals surface area contributed by atoms with Gasteiger partial charge in [-0.2, -0.15) is 0 Å². The quantitative estimate of drug-likeness (QED) is 0.575. The zero-order valence-electron chi connectivity index (χ0n) is 12.8. The first-order valence-corrected chi connectivity index (χ1v) is 8.06. The molecule has 8 heteroatoms. The average molecular weight is 361 g/mol. The second-order valence-electron chi connectivity index (χ2n) is 5.18. The summed E-state index contributed by atoms with van der Waals surface area (Å²) in [5, 5.41) is 0.401. The van der Waals surface area contributed by atoms with Gasteiger partial charge in [0.2, 0.25) is 0 Å². The second-order valence-corrected chi connectivity index (χ2v) is 5.97. The van der Waals surface area contributed by atoms with Crippen LogP contribution in [0.15, 0.2) is 12.1 Å². The maximum atomic E-state index is 12.7. The highest BCUT2D eigenvalue weighted by atomic mass is 35.5. The minimum atomic E-state index is -0.389. The van der Waals surface area contributed by atoms with Gasteiger partial charge in [-0.15, -0.1) is 0 Å². The molecule has 2 heterocycles. The maximum absolute atomic E-state index is 12.7. The van der Waals surface area contributed by atoms with E-state index in [1.165, 1.54) is 24.1 Å². The summed E-state index contributed by atoms with van der Waals surface area (Å²) in [7, 11) is 1.31. The number of pyridine rings is 1. The van der Waals surface area contributed by atoms with Crippen LogP contribution in [0.4, 0.5) is 0 Å². The number of ether oxygens (including phenoxy) is 2. The lowest BCUT2D eigenvalue weighted by Crippen LogP contribution is -2.39. The Morgan fingerprint density at radius 1 is 1.43 bits per heavy atom. The van der Waals surface area contributed by atoms with Crippen LogP contribution in [0.3, 0.4) is 0 Å². The Morgan fingerprint density at radius 3 is 2.87 bits per heavy atom. The third-order valence-corrected chi connectivity index (χ3v) is 4.08. The monoisotopic (exact) mass is 360 g/mol. The second kappa shape index (κ2) is 8.47. The zero-order chi connectivity index (χ0) is 16.8. The van der Waals surface area contributed by atoms with Crippen molar-refractivity contribution in [2.24, 2.45) is 0 Å². The molecule has 1 atom stereocenters. The molecule has 0 aromatic carbocycles. The Balaban J connectivity index is 2.14. The standard InChI is InChI=1S/C15H18Cl2N2O4/c1-22-13(20)6-7-19(9-10-3-2-8-23-10)15(21)14-11(16)4-5-12(17)18-14/h4-5,10H,2-3,6-9H2,1H3. The molecule has 0 radical (unpaired) electrons. The van der Waals surface area contributed by atoms with Crippen LogP contribution in [0, 0.1) is 0 Å². The minimum Gasteiger partial charge on any atom is -0.469 e. The number of amides is 1. The number of hydrogen-bond acceptors (Lipinski definition) is 5. The summed E-state index contributed by atoms with van der Waals surface area (Å²) in [5.74, 6) is -0.766. The van der Waals surface area contributed by atoms with Crippen molar-refractivity contribution in [2.75, 3.05) is 26.8 Å². The fourth-order valence-electron chi connectivity index (χ4n) is 2.36. The molecule has 1 aliphatic rings. The van der Waals surface area contributed by atoms with Crippen LogP contribution in [0.2, 0.25) is 10.2 Å². The lowest BCUT2D eigenvalue weighted by molar-refractivity contribution is -0.140. The molecule has 1 aromatic heterocycles. The fraction of sp³-hybridized carbons (Fsp3) is 0.533. The van der Waals surface area contributed by atoms with Crippen LogP contribution in [0.25, 0.3) is 0 Å². The van der Waals surface area contributed by atoms with Gasteiger partial charge in [0.25, 0.3) is 5.91 Å². The van der Waals surface area contributed by atoms with E-state index in [0.29, 0.717) is 13.2 Å². The third kappa shape index (κ3) is 5.06. The Kier molecular flexibility index (Phi) is 6.62. The van der Waals surface area contributed by atoms with Crippen molar-refractivity contribution < 1.29 is 19.1 Å². The molecule has 1 aromatic rings. The summed E-state index contributed by atoms with van der Waals surface area (Å²) in [5.41, 5.74) is 0.0713. The third-order valence-electron chi connectivity index (χ3n) is 3.56. The van der Waals surface area contributed by atoms with Crippen molar-refractivity contribution in [1.82, 2.24) is 9.88 Å². The van der Waals surface area contributed by atoms with Crippen LogP contribution in [-0.4, -0.2) is 54.7 Å². The van der Waals surface area contributed by atoms with Gasteiger partial charge in [-0.3, -0.25) is 9.59 Å². The molecule has 1 unspecified atom stereocenters. The number of halogens is 2. The van der Waals surface area contributed by atoms with Gasteiger partial charge in [-0.1, -0.05) is 23.2 Å². The molecule has 2 rings (SSSR count). The Labute approximate surface area is 144 Å². The van der Waals surface area contributed by atoms with Crippen molar-refractivity contribution in [3.8, 4) is 0 Å². The predicted octanol–water partition coefficient (Wildman–Crippen LogP) is 2.57. The molecule has 0 N–H and O–H groups in total. The molecular weight excluding hydrogens is 343 g/mol. The molecule has 23 heavy (non-hydrogen) atoms. The first-order valence-electron chi connectivity index (χ1n) is 7.31. The van der Waals surface area contributed by atoms with E-state index in [1.807, 2.05) is 0 Å². The molecule has 6 nitrogen and oxygen atoms in total. The van der Waals surface area contributed by atoms with Crippen LogP contribution in [0.1, 0.15) is 29.8 Å². The summed E-state index contributed by atoms with van der Waals surface area (Å²) in [6, 6.07) is 3.04. The molecule has 1 amide bonds. The van der Waals surface area contributed by atoms with Gasteiger partial charge in [-0.25, -0.2) is 4.98 Å². The van der Waals surface area contributed by atoms with Gasteiger partial charge < -0.3 is 14.4 Å². The smallest absolute Gasteiger partial charge is 0.307 e. The Bertz CT molecular complexity index is 577. The van der Waals surface area contributed by atoms with Gasteiger partial charge in [0.15, 0.2) is 0 Å². The van der Waals surface area contributed by atoms with Crippen molar-refractivity contribution >= 4 is 35.1 Å². The molecule has 1 aliphatic heterocycles. The van der Waals surface area contributed by atoms with Gasteiger partial charge in [0.05, 0.1) is 24.7 Å². The number of esters is 1. The van der Waals surface area contributed by atoms with E-state index in [4.69, 9.17) is 27.9 Å². The van der Waals surface area contributed by atoms with E-state index in [0.717, 1.165) is 12.8 Å². The first kappa shape index (κ1) is 18.0. The van der Waals surface area contributed by atoms with E-state index in [2.05, 4.69) is 9.72 Å². The van der Waals surface area contributed by atoms with Gasteiger partial charge in [0, 0.05) is 19.7 Å². The summed E-state index contributed by atoms with van der Waals surface area (Å²) in [6.45, 7) is 1.26. The highest BCUT2D eigenvalue weighted by Gasteiger charge is 2.26. The van der Waals surface area contributed by atoms with E-state index < -0.39 is 0 Å². The van der Waals surface area contributed by atoms with Gasteiger partial charge >= 0.3 is 5.97 Å². The fourth-order valence-corrected chi connectivity index (χ4v) is 2.69. The molecule has 0 spiro atoms. The average Bonchev–Trinajstić information content (AvgIpc) is 3.05. The normalized spacial score (nSPS) is 17.1. The van der Waals surface area contributed by atoms with Crippen LogP contribution < -0.4 is 0 Å². The van der Waals surface area contributed by atoms with Crippen LogP contribution in [0.5, 0.6) is 0 Å². The zero-order valence-corrected chi connectivity index (χ0v) is 14.3. The molecule has 0 saturated carbocycles. The van der Waals surface area contributed by atoms with Gasteiger partial charge in [0.1, 0.15) is 10.8 Å². The number of carbonyl (C=O) groups is 2. The number of aromatic nitrogens is 1. The first-order chi connectivity index (χ1) is 11.0. The number of methoxy groups -OCH3 is 1. The van der Waals surface area contributed by atoms with Crippen molar-refractivity contribution in [2.45, 2.75) is 25.4 Å². The predicted molar refractivity (Wildman–Crippen MR) is 85.8 cm³/mol. The maximum Gasteiger partial charge on any atom is 0.307 e. The highest BCUT2D eigenvalue weighted by molar-refractivity contribution is 6.34. The lowest BCUT2D eigenvalue weighted by atomic mass is 10.2. The Hall–Kier alpha value is -1.37. The van der Waals surface area contributed by atoms with Gasteiger partial charge in [-0.05, 0) is 25.0 Å². The Morgan fingerprint density at radius 2 is 2.22 bits per heavy atom. The van der Waals surface area contributed by atoms with Crippen molar-refractivity contribution in [1.29, 1.82) is 0 Å². The molecule has 0 bridgehead atoms. The van der Waals surface area contributed by atoms with E-state index >= 15 is 0 Å². The van der Waals surface area contributed by atoms with Crippen molar-refractivity contribution in [3.05, 3.63) is 28.0 Å². The van der Waals surface area contributed by atoms with E-state index in [9.17, 15) is 9.59 Å². The molecule has 0 aliphatic carbocycles. The largest absolute Gasteiger partial charge is 0.469 e. The number of hydrogen-bond donors (Lipinski definition) is 0. The summed E-state index contributed by atoms with van der Waals surface area (Å²) < 4.78 is 10.2. The van der Waals surface area contributed by atoms with Crippen LogP contribution >= 0.6 is 23.2 Å². The summed E-state index contributed by atoms with van der Waals surface area (Å²) in [4.78, 5) is 29.6. The number of nitrogens with zero attached hydrogens (tertiary/aromatic N) is 2. The number of carbonyl (C=O) groups excluding carboxylic acids is 2. The minimum absolute atomic E-state index is 0.0467. The molecule has 1 saturated heterocycles. The summed E-state index contributed by atoms with van der Waals surface area (Å²) in [6.07, 6.45) is 1.88. The van der Waals surface area contributed by atoms with E-state index in [1.54, 1.807) is 0 Å². The van der Waals surface area contributed by atoms with Crippen LogP contribution in [-0.2, 0) is 14.3 Å². The summed E-state index contributed by atoms with van der Waals surface area (Å²) >= 11 is 11.9. The molecule has 126 valence electrons.